The van der Waals surface area contributed by atoms with Crippen LogP contribution in [0.25, 0.3) is 0 Å². The van der Waals surface area contributed by atoms with E-state index in [1.54, 1.807) is 12.3 Å². The Morgan fingerprint density at radius 3 is 2.95 bits per heavy atom. The Morgan fingerprint density at radius 2 is 2.35 bits per heavy atom. The Morgan fingerprint density at radius 1 is 1.55 bits per heavy atom. The van der Waals surface area contributed by atoms with Gasteiger partial charge in [0.15, 0.2) is 0 Å². The standard InChI is InChI=1S/C15H21ClN4/c1-11(2)20(10-13-5-3-4-7-18-13)15-14(16)12(9-17)6-8-19-15/h6,8,11,13,18H,3-5,7,10H2,1-2H3. The van der Waals surface area contributed by atoms with E-state index in [2.05, 4.69) is 35.1 Å². The molecule has 1 unspecified atom stereocenters. The number of aromatic nitrogens is 1. The summed E-state index contributed by atoms with van der Waals surface area (Å²) in [5.74, 6) is 0.716. The molecule has 1 fully saturated rings. The molecule has 0 bridgehead atoms. The molecule has 0 radical (unpaired) electrons. The van der Waals surface area contributed by atoms with Crippen LogP contribution in [-0.4, -0.2) is 30.2 Å². The third-order valence-electron chi connectivity index (χ3n) is 3.72. The van der Waals surface area contributed by atoms with Gasteiger partial charge in [-0.1, -0.05) is 18.0 Å². The quantitative estimate of drug-likeness (QED) is 0.927. The zero-order valence-electron chi connectivity index (χ0n) is 12.1. The van der Waals surface area contributed by atoms with E-state index >= 15 is 0 Å². The van der Waals surface area contributed by atoms with Gasteiger partial charge in [0.25, 0.3) is 0 Å². The minimum Gasteiger partial charge on any atom is -0.351 e. The average molecular weight is 293 g/mol. The van der Waals surface area contributed by atoms with Crippen LogP contribution in [0.5, 0.6) is 0 Å². The van der Waals surface area contributed by atoms with Gasteiger partial charge in [-0.3, -0.25) is 0 Å². The highest BCUT2D eigenvalue weighted by atomic mass is 35.5. The Balaban J connectivity index is 2.22. The second kappa shape index (κ2) is 6.92. The third kappa shape index (κ3) is 3.41. The van der Waals surface area contributed by atoms with Crippen molar-refractivity contribution in [3.8, 4) is 6.07 Å². The van der Waals surface area contributed by atoms with Crippen molar-refractivity contribution < 1.29 is 0 Å². The molecule has 1 aromatic rings. The SMILES string of the molecule is CC(C)N(CC1CCCCN1)c1nccc(C#N)c1Cl. The Kier molecular flexibility index (Phi) is 5.22. The van der Waals surface area contributed by atoms with Crippen LogP contribution in [0.3, 0.4) is 0 Å². The first-order valence-corrected chi connectivity index (χ1v) is 7.56. The largest absolute Gasteiger partial charge is 0.351 e. The molecular weight excluding hydrogens is 272 g/mol. The van der Waals surface area contributed by atoms with E-state index in [-0.39, 0.29) is 6.04 Å². The van der Waals surface area contributed by atoms with Gasteiger partial charge in [-0.25, -0.2) is 4.98 Å². The lowest BCUT2D eigenvalue weighted by Crippen LogP contribution is -2.46. The van der Waals surface area contributed by atoms with Crippen LogP contribution in [0.1, 0.15) is 38.7 Å². The number of rotatable bonds is 4. The minimum absolute atomic E-state index is 0.290. The van der Waals surface area contributed by atoms with E-state index in [4.69, 9.17) is 16.9 Å². The van der Waals surface area contributed by atoms with Crippen molar-refractivity contribution in [2.24, 2.45) is 0 Å². The molecule has 1 N–H and O–H groups in total. The van der Waals surface area contributed by atoms with Crippen molar-refractivity contribution in [1.29, 1.82) is 5.26 Å². The molecule has 0 aliphatic carbocycles. The fraction of sp³-hybridized carbons (Fsp3) is 0.600. The lowest BCUT2D eigenvalue weighted by atomic mass is 10.0. The normalized spacial score (nSPS) is 18.9. The first kappa shape index (κ1) is 15.1. The fourth-order valence-corrected chi connectivity index (χ4v) is 2.84. The van der Waals surface area contributed by atoms with E-state index in [1.165, 1.54) is 19.3 Å². The summed E-state index contributed by atoms with van der Waals surface area (Å²) < 4.78 is 0. The van der Waals surface area contributed by atoms with Gasteiger partial charge in [-0.05, 0) is 39.3 Å². The van der Waals surface area contributed by atoms with Crippen molar-refractivity contribution in [2.45, 2.75) is 45.2 Å². The monoisotopic (exact) mass is 292 g/mol. The number of nitrogens with one attached hydrogen (secondary N) is 1. The van der Waals surface area contributed by atoms with Gasteiger partial charge >= 0.3 is 0 Å². The molecule has 1 aromatic heterocycles. The van der Waals surface area contributed by atoms with E-state index < -0.39 is 0 Å². The molecule has 0 amide bonds. The van der Waals surface area contributed by atoms with E-state index in [0.29, 0.717) is 22.4 Å². The molecule has 1 aliphatic rings. The second-order valence-corrected chi connectivity index (χ2v) is 5.88. The van der Waals surface area contributed by atoms with Crippen LogP contribution < -0.4 is 10.2 Å². The average Bonchev–Trinajstić information content (AvgIpc) is 2.46. The van der Waals surface area contributed by atoms with Gasteiger partial charge in [0.2, 0.25) is 0 Å². The molecule has 0 aromatic carbocycles. The first-order chi connectivity index (χ1) is 9.63. The predicted octanol–water partition coefficient (Wildman–Crippen LogP) is 2.96. The van der Waals surface area contributed by atoms with Crippen LogP contribution in [0.15, 0.2) is 12.3 Å². The summed E-state index contributed by atoms with van der Waals surface area (Å²) >= 11 is 6.32. The lowest BCUT2D eigenvalue weighted by molar-refractivity contribution is 0.392. The number of nitriles is 1. The molecule has 2 rings (SSSR count). The fourth-order valence-electron chi connectivity index (χ4n) is 2.58. The molecule has 2 heterocycles. The van der Waals surface area contributed by atoms with Gasteiger partial charge in [0.1, 0.15) is 16.9 Å². The minimum atomic E-state index is 0.290. The maximum Gasteiger partial charge on any atom is 0.148 e. The first-order valence-electron chi connectivity index (χ1n) is 7.18. The van der Waals surface area contributed by atoms with Crippen molar-refractivity contribution in [3.05, 3.63) is 22.8 Å². The molecule has 1 aliphatic heterocycles. The summed E-state index contributed by atoms with van der Waals surface area (Å²) in [5, 5.41) is 13.1. The van der Waals surface area contributed by atoms with E-state index in [0.717, 1.165) is 13.1 Å². The van der Waals surface area contributed by atoms with Crippen LogP contribution in [0.4, 0.5) is 5.82 Å². The number of pyridine rings is 1. The number of piperidine rings is 1. The summed E-state index contributed by atoms with van der Waals surface area (Å²) in [6, 6.07) is 4.53. The van der Waals surface area contributed by atoms with Crippen molar-refractivity contribution >= 4 is 17.4 Å². The summed E-state index contributed by atoms with van der Waals surface area (Å²) in [5.41, 5.74) is 0.485. The van der Waals surface area contributed by atoms with Crippen LogP contribution >= 0.6 is 11.6 Å². The van der Waals surface area contributed by atoms with Gasteiger partial charge in [-0.15, -0.1) is 0 Å². The number of hydrogen-bond donors (Lipinski definition) is 1. The summed E-state index contributed by atoms with van der Waals surface area (Å²) in [4.78, 5) is 6.58. The second-order valence-electron chi connectivity index (χ2n) is 5.50. The van der Waals surface area contributed by atoms with E-state index in [1.807, 2.05) is 0 Å². The Hall–Kier alpha value is -1.31. The Bertz CT molecular complexity index is 489. The number of halogens is 1. The molecule has 5 heteroatoms. The zero-order valence-corrected chi connectivity index (χ0v) is 12.8. The smallest absolute Gasteiger partial charge is 0.148 e. The topological polar surface area (TPSA) is 52.0 Å². The summed E-state index contributed by atoms with van der Waals surface area (Å²) in [6.45, 7) is 6.20. The predicted molar refractivity (Wildman–Crippen MR) is 82.1 cm³/mol. The number of nitrogens with zero attached hydrogens (tertiary/aromatic N) is 3. The molecule has 1 saturated heterocycles. The van der Waals surface area contributed by atoms with Gasteiger partial charge in [-0.2, -0.15) is 5.26 Å². The highest BCUT2D eigenvalue weighted by Crippen LogP contribution is 2.28. The number of hydrogen-bond acceptors (Lipinski definition) is 4. The molecule has 1 atom stereocenters. The van der Waals surface area contributed by atoms with Crippen molar-refractivity contribution in [2.75, 3.05) is 18.0 Å². The zero-order chi connectivity index (χ0) is 14.5. The Labute approximate surface area is 125 Å². The maximum absolute atomic E-state index is 9.09. The highest BCUT2D eigenvalue weighted by Gasteiger charge is 2.22. The highest BCUT2D eigenvalue weighted by molar-refractivity contribution is 6.34. The van der Waals surface area contributed by atoms with Crippen molar-refractivity contribution in [1.82, 2.24) is 10.3 Å². The van der Waals surface area contributed by atoms with Crippen molar-refractivity contribution in [3.63, 3.8) is 0 Å². The molecule has 20 heavy (non-hydrogen) atoms. The third-order valence-corrected chi connectivity index (χ3v) is 4.09. The van der Waals surface area contributed by atoms with Crippen LogP contribution in [-0.2, 0) is 0 Å². The molecule has 0 saturated carbocycles. The number of anilines is 1. The van der Waals surface area contributed by atoms with Crippen LogP contribution in [0.2, 0.25) is 5.02 Å². The summed E-state index contributed by atoms with van der Waals surface area (Å²) in [6.07, 6.45) is 5.35. The summed E-state index contributed by atoms with van der Waals surface area (Å²) in [7, 11) is 0. The molecule has 4 nitrogen and oxygen atoms in total. The molecule has 108 valence electrons. The van der Waals surface area contributed by atoms with E-state index in [9.17, 15) is 0 Å². The molecular formula is C15H21ClN4. The van der Waals surface area contributed by atoms with Crippen LogP contribution in [0, 0.1) is 11.3 Å². The molecule has 0 spiro atoms. The van der Waals surface area contributed by atoms with Gasteiger partial charge < -0.3 is 10.2 Å². The van der Waals surface area contributed by atoms with Gasteiger partial charge in [0.05, 0.1) is 5.56 Å². The van der Waals surface area contributed by atoms with Gasteiger partial charge in [0, 0.05) is 24.8 Å². The maximum atomic E-state index is 9.09. The lowest BCUT2D eigenvalue weighted by Gasteiger charge is -2.34.